The van der Waals surface area contributed by atoms with Crippen molar-refractivity contribution in [2.45, 2.75) is 0 Å². The minimum atomic E-state index is -0.133. The van der Waals surface area contributed by atoms with E-state index >= 15 is 0 Å². The Hall–Kier alpha value is -0.380. The Labute approximate surface area is 107 Å². The molecule has 0 saturated heterocycles. The summed E-state index contributed by atoms with van der Waals surface area (Å²) in [7, 11) is 0. The number of nitrogens with one attached hydrogen (secondary N) is 1. The maximum Gasteiger partial charge on any atom is 0.263 e. The molecule has 0 amide bonds. The van der Waals surface area contributed by atoms with E-state index in [1.165, 1.54) is 0 Å². The van der Waals surface area contributed by atoms with Crippen molar-refractivity contribution in [1.29, 1.82) is 0 Å². The van der Waals surface area contributed by atoms with Crippen LogP contribution in [0.1, 0.15) is 0 Å². The van der Waals surface area contributed by atoms with E-state index in [1.54, 1.807) is 6.07 Å². The Morgan fingerprint density at radius 1 is 1.29 bits per heavy atom. The smallest absolute Gasteiger partial charge is 0.263 e. The van der Waals surface area contributed by atoms with Crippen molar-refractivity contribution in [2.24, 2.45) is 0 Å². The van der Waals surface area contributed by atoms with E-state index in [2.05, 4.69) is 32.6 Å². The highest BCUT2D eigenvalue weighted by molar-refractivity contribution is 14.1. The Morgan fingerprint density at radius 2 is 1.93 bits per heavy atom. The summed E-state index contributed by atoms with van der Waals surface area (Å²) in [5, 5.41) is 0.896. The number of aromatic nitrogens is 2. The highest BCUT2D eigenvalue weighted by Gasteiger charge is 2.04. The molecule has 0 bridgehead atoms. The number of aromatic amines is 1. The monoisotopic (exact) mass is 413 g/mol. The second kappa shape index (κ2) is 3.65. The largest absolute Gasteiger partial charge is 0.383 e. The SMILES string of the molecule is Nc1nc2[nH]c(=O)c(I)cc2cc1I. The van der Waals surface area contributed by atoms with Crippen LogP contribution in [-0.4, -0.2) is 9.97 Å². The summed E-state index contributed by atoms with van der Waals surface area (Å²) >= 11 is 4.10. The van der Waals surface area contributed by atoms with E-state index in [0.29, 0.717) is 15.0 Å². The Bertz CT molecular complexity index is 564. The summed E-state index contributed by atoms with van der Waals surface area (Å²) in [6.07, 6.45) is 0. The maximum atomic E-state index is 11.3. The first kappa shape index (κ1) is 10.1. The molecule has 0 unspecified atom stereocenters. The zero-order valence-corrected chi connectivity index (χ0v) is 11.2. The average Bonchev–Trinajstić information content (AvgIpc) is 2.11. The lowest BCUT2D eigenvalue weighted by Gasteiger charge is -2.01. The number of hydrogen-bond donors (Lipinski definition) is 2. The Balaban J connectivity index is 2.90. The summed E-state index contributed by atoms with van der Waals surface area (Å²) in [6, 6.07) is 3.69. The number of anilines is 1. The maximum absolute atomic E-state index is 11.3. The van der Waals surface area contributed by atoms with Crippen LogP contribution >= 0.6 is 45.2 Å². The summed E-state index contributed by atoms with van der Waals surface area (Å²) in [6.45, 7) is 0. The summed E-state index contributed by atoms with van der Waals surface area (Å²) in [5.74, 6) is 0.440. The predicted octanol–water partition coefficient (Wildman–Crippen LogP) is 1.71. The van der Waals surface area contributed by atoms with Crippen molar-refractivity contribution in [1.82, 2.24) is 9.97 Å². The minimum absolute atomic E-state index is 0.133. The molecule has 6 heteroatoms. The molecule has 0 radical (unpaired) electrons. The normalized spacial score (nSPS) is 10.7. The van der Waals surface area contributed by atoms with Crippen molar-refractivity contribution in [3.63, 3.8) is 0 Å². The molecule has 0 atom stereocenters. The van der Waals surface area contributed by atoms with Crippen LogP contribution in [0.2, 0.25) is 0 Å². The van der Waals surface area contributed by atoms with Gasteiger partial charge in [-0.1, -0.05) is 0 Å². The highest BCUT2D eigenvalue weighted by atomic mass is 127. The van der Waals surface area contributed by atoms with Gasteiger partial charge in [0.25, 0.3) is 5.56 Å². The van der Waals surface area contributed by atoms with Crippen LogP contribution in [0.3, 0.4) is 0 Å². The lowest BCUT2D eigenvalue weighted by molar-refractivity contribution is 1.21. The van der Waals surface area contributed by atoms with E-state index in [0.717, 1.165) is 8.96 Å². The van der Waals surface area contributed by atoms with Gasteiger partial charge in [-0.2, -0.15) is 0 Å². The van der Waals surface area contributed by atoms with Gasteiger partial charge in [0.2, 0.25) is 0 Å². The van der Waals surface area contributed by atoms with E-state index in [4.69, 9.17) is 5.73 Å². The molecule has 0 fully saturated rings. The first-order chi connectivity index (χ1) is 6.58. The molecule has 0 saturated carbocycles. The number of nitrogens with zero attached hydrogens (tertiary/aromatic N) is 1. The number of nitrogen functional groups attached to an aromatic ring is 1. The molecule has 0 aliphatic rings. The van der Waals surface area contributed by atoms with Gasteiger partial charge in [0.05, 0.1) is 7.14 Å². The third kappa shape index (κ3) is 1.72. The van der Waals surface area contributed by atoms with Crippen LogP contribution in [0.25, 0.3) is 11.0 Å². The van der Waals surface area contributed by atoms with Gasteiger partial charge in [0.15, 0.2) is 0 Å². The Kier molecular flexibility index (Phi) is 2.64. The fraction of sp³-hybridized carbons (Fsp3) is 0. The standard InChI is InChI=1S/C8H5I2N3O/c9-4-1-3-2-5(10)8(14)13-7(3)12-6(4)11/h1-2H,(H3,11,12,13,14). The number of hydrogen-bond acceptors (Lipinski definition) is 3. The molecule has 0 aliphatic carbocycles. The minimum Gasteiger partial charge on any atom is -0.383 e. The molecule has 2 rings (SSSR count). The van der Waals surface area contributed by atoms with Gasteiger partial charge in [0, 0.05) is 5.39 Å². The van der Waals surface area contributed by atoms with Gasteiger partial charge in [-0.3, -0.25) is 4.79 Å². The molecule has 0 aliphatic heterocycles. The molecule has 2 heterocycles. The van der Waals surface area contributed by atoms with Gasteiger partial charge in [-0.25, -0.2) is 4.98 Å². The predicted molar refractivity (Wildman–Crippen MR) is 72.2 cm³/mol. The fourth-order valence-corrected chi connectivity index (χ4v) is 2.02. The summed E-state index contributed by atoms with van der Waals surface area (Å²) in [4.78, 5) is 18.0. The third-order valence-corrected chi connectivity index (χ3v) is 3.43. The molecule has 2 aromatic heterocycles. The molecule has 0 aromatic carbocycles. The molecule has 14 heavy (non-hydrogen) atoms. The van der Waals surface area contributed by atoms with E-state index in [9.17, 15) is 4.79 Å². The van der Waals surface area contributed by atoms with Crippen LogP contribution in [0.15, 0.2) is 16.9 Å². The number of halogens is 2. The topological polar surface area (TPSA) is 71.8 Å². The molecule has 3 N–H and O–H groups in total. The van der Waals surface area contributed by atoms with Crippen LogP contribution in [0, 0.1) is 7.14 Å². The molecule has 72 valence electrons. The first-order valence-corrected chi connectivity index (χ1v) is 5.88. The second-order valence-corrected chi connectivity index (χ2v) is 5.06. The van der Waals surface area contributed by atoms with Gasteiger partial charge < -0.3 is 10.7 Å². The van der Waals surface area contributed by atoms with Crippen molar-refractivity contribution in [2.75, 3.05) is 5.73 Å². The van der Waals surface area contributed by atoms with Crippen molar-refractivity contribution in [3.05, 3.63) is 29.6 Å². The lowest BCUT2D eigenvalue weighted by Crippen LogP contribution is -2.10. The quantitative estimate of drug-likeness (QED) is 0.647. The molecular weight excluding hydrogens is 408 g/mol. The van der Waals surface area contributed by atoms with E-state index in [-0.39, 0.29) is 5.56 Å². The van der Waals surface area contributed by atoms with Gasteiger partial charge in [-0.15, -0.1) is 0 Å². The zero-order chi connectivity index (χ0) is 10.3. The molecular formula is C8H5I2N3O. The van der Waals surface area contributed by atoms with Crippen molar-refractivity contribution >= 4 is 62.0 Å². The van der Waals surface area contributed by atoms with Crippen LogP contribution < -0.4 is 11.3 Å². The third-order valence-electron chi connectivity index (χ3n) is 1.76. The van der Waals surface area contributed by atoms with Gasteiger partial charge in [-0.05, 0) is 57.3 Å². The average molecular weight is 413 g/mol. The molecule has 0 spiro atoms. The second-order valence-electron chi connectivity index (χ2n) is 2.74. The zero-order valence-electron chi connectivity index (χ0n) is 6.84. The lowest BCUT2D eigenvalue weighted by atomic mass is 10.3. The summed E-state index contributed by atoms with van der Waals surface area (Å²) < 4.78 is 1.54. The van der Waals surface area contributed by atoms with Gasteiger partial charge >= 0.3 is 0 Å². The molecule has 2 aromatic rings. The number of rotatable bonds is 0. The Morgan fingerprint density at radius 3 is 2.64 bits per heavy atom. The van der Waals surface area contributed by atoms with Gasteiger partial charge in [0.1, 0.15) is 11.5 Å². The van der Waals surface area contributed by atoms with E-state index < -0.39 is 0 Å². The van der Waals surface area contributed by atoms with Crippen LogP contribution in [0.4, 0.5) is 5.82 Å². The first-order valence-electron chi connectivity index (χ1n) is 3.72. The summed E-state index contributed by atoms with van der Waals surface area (Å²) in [5.41, 5.74) is 6.03. The van der Waals surface area contributed by atoms with Crippen molar-refractivity contribution in [3.8, 4) is 0 Å². The number of pyridine rings is 2. The fourth-order valence-electron chi connectivity index (χ4n) is 1.10. The molecule has 4 nitrogen and oxygen atoms in total. The van der Waals surface area contributed by atoms with Crippen LogP contribution in [-0.2, 0) is 0 Å². The van der Waals surface area contributed by atoms with E-state index in [1.807, 2.05) is 28.7 Å². The highest BCUT2D eigenvalue weighted by Crippen LogP contribution is 2.18. The van der Waals surface area contributed by atoms with Crippen LogP contribution in [0.5, 0.6) is 0 Å². The number of H-pyrrole nitrogens is 1. The number of fused-ring (bicyclic) bond motifs is 1. The number of nitrogens with two attached hydrogens (primary N) is 1. The van der Waals surface area contributed by atoms with Crippen molar-refractivity contribution < 1.29 is 0 Å².